The molecule has 4 aliphatic rings. The van der Waals surface area contributed by atoms with Gasteiger partial charge in [0.15, 0.2) is 6.29 Å². The molecule has 2 aromatic rings. The summed E-state index contributed by atoms with van der Waals surface area (Å²) in [6, 6.07) is 13.7. The fourth-order valence-corrected chi connectivity index (χ4v) is 9.49. The maximum atomic E-state index is 13.3. The Bertz CT molecular complexity index is 1430. The first-order chi connectivity index (χ1) is 23.9. The molecule has 7 unspecified atom stereocenters. The van der Waals surface area contributed by atoms with E-state index in [1.54, 1.807) is 12.1 Å². The van der Waals surface area contributed by atoms with E-state index in [-0.39, 0.29) is 40.7 Å². The third kappa shape index (κ3) is 9.50. The van der Waals surface area contributed by atoms with Gasteiger partial charge in [0.05, 0.1) is 31.1 Å². The van der Waals surface area contributed by atoms with Crippen LogP contribution in [0.25, 0.3) is 0 Å². The van der Waals surface area contributed by atoms with Crippen LogP contribution >= 0.6 is 11.6 Å². The second kappa shape index (κ2) is 17.7. The fourth-order valence-electron chi connectivity index (χ4n) is 8.25. The lowest BCUT2D eigenvalue weighted by Crippen LogP contribution is -2.55. The zero-order chi connectivity index (χ0) is 36.0. The smallest absolute Gasteiger partial charge is 0.262 e. The summed E-state index contributed by atoms with van der Waals surface area (Å²) in [4.78, 5) is 17.8. The second-order valence-corrected chi connectivity index (χ2v) is 17.7. The van der Waals surface area contributed by atoms with Crippen LogP contribution in [0.3, 0.4) is 0 Å². The first-order valence-corrected chi connectivity index (χ1v) is 20.3. The number of hydrogen-bond donors (Lipinski definition) is 1. The van der Waals surface area contributed by atoms with Crippen molar-refractivity contribution < 1.29 is 23.2 Å². The standard InChI is InChI=1S/C40H60ClN3O5S/c1-8-10-30-21-33(41)15-18-36(30)32-23-44(7)22-31-14-19-37(31)40(4,39-48-25-34(26-49-39)43(5)6)20-9-11-27(2)28(3)50(46)42-38(45)29-12-16-35(17-13-29)47-24-32/h12-13,15-18,21,27-28,31-32,34,37,39H,8-11,14,19-20,22-26H2,1-7H3,(H,42,45). The Morgan fingerprint density at radius 1 is 1.02 bits per heavy atom. The molecular weight excluding hydrogens is 670 g/mol. The largest absolute Gasteiger partial charge is 0.493 e. The van der Waals surface area contributed by atoms with Crippen LogP contribution in [0.4, 0.5) is 0 Å². The molecule has 1 saturated carbocycles. The Morgan fingerprint density at radius 3 is 2.38 bits per heavy atom. The number of amides is 1. The van der Waals surface area contributed by atoms with E-state index >= 15 is 0 Å². The molecule has 3 heterocycles. The Kier molecular flexibility index (Phi) is 13.9. The molecule has 8 nitrogen and oxygen atoms in total. The lowest BCUT2D eigenvalue weighted by molar-refractivity contribution is -0.273. The Labute approximate surface area is 308 Å². The SMILES string of the molecule is CCCc1cc(Cl)ccc1C1COc2ccc(cc2)C(=O)NS(=O)C(C)C(C)CCCC(C)(C2OCC(N(C)C)CO2)C2CCC2CN(C)C1. The van der Waals surface area contributed by atoms with Gasteiger partial charge in [-0.05, 0) is 125 Å². The highest BCUT2D eigenvalue weighted by atomic mass is 35.5. The normalized spacial score (nSPS) is 33.8. The minimum absolute atomic E-state index is 0.124. The quantitative estimate of drug-likeness (QED) is 0.346. The summed E-state index contributed by atoms with van der Waals surface area (Å²) < 4.78 is 35.6. The van der Waals surface area contributed by atoms with Gasteiger partial charge < -0.3 is 24.0 Å². The van der Waals surface area contributed by atoms with Crippen LogP contribution in [0.5, 0.6) is 5.75 Å². The van der Waals surface area contributed by atoms with Gasteiger partial charge in [-0.3, -0.25) is 9.52 Å². The average molecular weight is 730 g/mol. The van der Waals surface area contributed by atoms with Gasteiger partial charge in [-0.25, -0.2) is 4.21 Å². The van der Waals surface area contributed by atoms with Gasteiger partial charge in [0.2, 0.25) is 0 Å². The third-order valence-corrected chi connectivity index (χ3v) is 13.6. The van der Waals surface area contributed by atoms with Gasteiger partial charge in [0.25, 0.3) is 5.91 Å². The highest BCUT2D eigenvalue weighted by Crippen LogP contribution is 2.53. The van der Waals surface area contributed by atoms with E-state index in [1.165, 1.54) is 17.5 Å². The van der Waals surface area contributed by atoms with Crippen LogP contribution in [0.2, 0.25) is 5.02 Å². The molecule has 50 heavy (non-hydrogen) atoms. The highest BCUT2D eigenvalue weighted by Gasteiger charge is 2.51. The van der Waals surface area contributed by atoms with E-state index in [2.05, 4.69) is 68.6 Å². The maximum absolute atomic E-state index is 13.3. The Balaban J connectivity index is 1.43. The predicted molar refractivity (Wildman–Crippen MR) is 203 cm³/mol. The molecule has 278 valence electrons. The molecule has 7 atom stereocenters. The second-order valence-electron chi connectivity index (χ2n) is 15.7. The minimum Gasteiger partial charge on any atom is -0.493 e. The number of likely N-dealkylation sites (N-methyl/N-ethyl adjacent to an activating group) is 2. The number of ether oxygens (including phenoxy) is 3. The molecule has 0 spiro atoms. The summed E-state index contributed by atoms with van der Waals surface area (Å²) in [6.45, 7) is 12.4. The van der Waals surface area contributed by atoms with E-state index in [0.29, 0.717) is 43.0 Å². The lowest BCUT2D eigenvalue weighted by atomic mass is 9.57. The van der Waals surface area contributed by atoms with Gasteiger partial charge in [-0.1, -0.05) is 51.3 Å². The van der Waals surface area contributed by atoms with E-state index in [9.17, 15) is 9.00 Å². The van der Waals surface area contributed by atoms with Gasteiger partial charge in [0.1, 0.15) is 16.7 Å². The molecular formula is C40H60ClN3O5S. The van der Waals surface area contributed by atoms with Crippen molar-refractivity contribution in [3.63, 3.8) is 0 Å². The van der Waals surface area contributed by atoms with Crippen molar-refractivity contribution in [2.24, 2.45) is 23.2 Å². The zero-order valence-electron chi connectivity index (χ0n) is 31.3. The summed E-state index contributed by atoms with van der Waals surface area (Å²) in [7, 11) is 4.90. The first-order valence-electron chi connectivity index (χ1n) is 18.7. The van der Waals surface area contributed by atoms with Crippen molar-refractivity contribution >= 4 is 28.5 Å². The Hall–Kier alpha value is -2.01. The number of aryl methyl sites for hydroxylation is 1. The summed E-state index contributed by atoms with van der Waals surface area (Å²) in [5, 5.41) is 0.575. The molecule has 2 aromatic carbocycles. The van der Waals surface area contributed by atoms with E-state index in [0.717, 1.165) is 56.6 Å². The topological polar surface area (TPSA) is 80.3 Å². The van der Waals surface area contributed by atoms with Gasteiger partial charge in [0, 0.05) is 35.0 Å². The van der Waals surface area contributed by atoms with Crippen LogP contribution in [0.1, 0.15) is 93.6 Å². The number of carbonyl (C=O) groups excluding carboxylic acids is 1. The van der Waals surface area contributed by atoms with Crippen molar-refractivity contribution in [2.45, 2.75) is 96.1 Å². The molecule has 0 aromatic heterocycles. The molecule has 2 bridgehead atoms. The molecule has 10 heteroatoms. The summed E-state index contributed by atoms with van der Waals surface area (Å²) in [5.41, 5.74) is 2.86. The number of carbonyl (C=O) groups is 1. The van der Waals surface area contributed by atoms with Crippen LogP contribution in [-0.2, 0) is 26.9 Å². The summed E-state index contributed by atoms with van der Waals surface area (Å²) in [6.07, 6.45) is 6.96. The maximum Gasteiger partial charge on any atom is 0.262 e. The number of hydrogen-bond acceptors (Lipinski definition) is 7. The van der Waals surface area contributed by atoms with E-state index < -0.39 is 11.0 Å². The van der Waals surface area contributed by atoms with E-state index in [1.807, 2.05) is 25.1 Å². The molecule has 2 fully saturated rings. The van der Waals surface area contributed by atoms with Crippen LogP contribution < -0.4 is 9.46 Å². The highest BCUT2D eigenvalue weighted by molar-refractivity contribution is 7.84. The minimum atomic E-state index is -1.51. The van der Waals surface area contributed by atoms with Crippen molar-refractivity contribution in [2.75, 3.05) is 54.1 Å². The van der Waals surface area contributed by atoms with Crippen LogP contribution in [-0.4, -0.2) is 91.6 Å². The molecule has 1 N–H and O–H groups in total. The van der Waals surface area contributed by atoms with Gasteiger partial charge in [-0.2, -0.15) is 0 Å². The molecule has 1 aliphatic carbocycles. The summed E-state index contributed by atoms with van der Waals surface area (Å²) in [5.74, 6) is 1.66. The number of rotatable bonds is 5. The fraction of sp³-hybridized carbons (Fsp3) is 0.675. The third-order valence-electron chi connectivity index (χ3n) is 11.8. The molecule has 1 amide bonds. The number of halogens is 1. The average Bonchev–Trinajstić information content (AvgIpc) is 3.08. The number of nitrogens with one attached hydrogen (secondary N) is 1. The zero-order valence-corrected chi connectivity index (χ0v) is 32.9. The Morgan fingerprint density at radius 2 is 1.74 bits per heavy atom. The van der Waals surface area contributed by atoms with Crippen molar-refractivity contribution in [3.05, 3.63) is 64.2 Å². The monoisotopic (exact) mass is 729 g/mol. The molecule has 0 radical (unpaired) electrons. The van der Waals surface area contributed by atoms with Crippen molar-refractivity contribution in [3.8, 4) is 5.75 Å². The number of nitrogens with zero attached hydrogens (tertiary/aromatic N) is 2. The molecule has 6 rings (SSSR count). The van der Waals surface area contributed by atoms with Crippen molar-refractivity contribution in [1.29, 1.82) is 0 Å². The van der Waals surface area contributed by atoms with E-state index in [4.69, 9.17) is 25.8 Å². The van der Waals surface area contributed by atoms with Gasteiger partial charge in [-0.15, -0.1) is 0 Å². The molecule has 3 aliphatic heterocycles. The van der Waals surface area contributed by atoms with Gasteiger partial charge >= 0.3 is 0 Å². The van der Waals surface area contributed by atoms with Crippen molar-refractivity contribution in [1.82, 2.24) is 14.5 Å². The number of benzene rings is 2. The predicted octanol–water partition coefficient (Wildman–Crippen LogP) is 7.32. The summed E-state index contributed by atoms with van der Waals surface area (Å²) >= 11 is 6.49. The lowest BCUT2D eigenvalue weighted by Gasteiger charge is -2.54. The number of fused-ring (bicyclic) bond motifs is 15. The molecule has 1 saturated heterocycles. The first kappa shape index (κ1) is 39.2. The van der Waals surface area contributed by atoms with Crippen LogP contribution in [0, 0.1) is 23.2 Å². The van der Waals surface area contributed by atoms with Crippen LogP contribution in [0.15, 0.2) is 42.5 Å².